The van der Waals surface area contributed by atoms with Crippen molar-refractivity contribution < 1.29 is 9.59 Å². The zero-order chi connectivity index (χ0) is 26.4. The van der Waals surface area contributed by atoms with Crippen LogP contribution in [0.1, 0.15) is 70.9 Å². The lowest BCUT2D eigenvalue weighted by Gasteiger charge is -2.25. The summed E-state index contributed by atoms with van der Waals surface area (Å²) < 4.78 is 0. The molecule has 3 amide bonds. The van der Waals surface area contributed by atoms with E-state index in [2.05, 4.69) is 53.8 Å². The van der Waals surface area contributed by atoms with Crippen LogP contribution in [0.2, 0.25) is 5.02 Å². The largest absolute Gasteiger partial charge is 0.326 e. The molecule has 2 atom stereocenters. The molecule has 2 aromatic carbocycles. The standard InChI is InChI=1S/C27H34ClN5O2S/c1-7-17(6)22(24(34)31-27-33-32-25(36-27)18-11-13-19(28)14-12-18)29-26(35)30-23-20(15(2)3)9-8-10-21(23)16(4)5/h8-17,22H,7H2,1-6H3,(H2,29,30,35)(H,31,33,34). The number of halogens is 1. The van der Waals surface area contributed by atoms with Gasteiger partial charge in [-0.2, -0.15) is 0 Å². The van der Waals surface area contributed by atoms with E-state index in [4.69, 9.17) is 11.6 Å². The maximum Gasteiger partial charge on any atom is 0.319 e. The number of urea groups is 1. The Labute approximate surface area is 222 Å². The van der Waals surface area contributed by atoms with E-state index in [-0.39, 0.29) is 23.7 Å². The van der Waals surface area contributed by atoms with E-state index >= 15 is 0 Å². The highest BCUT2D eigenvalue weighted by atomic mass is 35.5. The van der Waals surface area contributed by atoms with Gasteiger partial charge in [0.2, 0.25) is 11.0 Å². The quantitative estimate of drug-likeness (QED) is 0.272. The predicted octanol–water partition coefficient (Wildman–Crippen LogP) is 7.28. The van der Waals surface area contributed by atoms with Gasteiger partial charge in [0.05, 0.1) is 0 Å². The van der Waals surface area contributed by atoms with Crippen molar-refractivity contribution in [1.29, 1.82) is 0 Å². The Bertz CT molecular complexity index is 1170. The van der Waals surface area contributed by atoms with Crippen LogP contribution < -0.4 is 16.0 Å². The topological polar surface area (TPSA) is 96.0 Å². The lowest BCUT2D eigenvalue weighted by molar-refractivity contribution is -0.119. The number of benzene rings is 2. The second-order valence-corrected chi connectivity index (χ2v) is 10.9. The van der Waals surface area contributed by atoms with E-state index in [0.717, 1.165) is 22.4 Å². The fourth-order valence-electron chi connectivity index (χ4n) is 3.85. The normalized spacial score (nSPS) is 12.9. The Kier molecular flexibility index (Phi) is 9.45. The number of anilines is 2. The van der Waals surface area contributed by atoms with Crippen molar-refractivity contribution >= 4 is 45.7 Å². The van der Waals surface area contributed by atoms with E-state index in [1.165, 1.54) is 11.3 Å². The van der Waals surface area contributed by atoms with E-state index in [1.807, 2.05) is 44.2 Å². The first kappa shape index (κ1) is 27.6. The molecule has 0 radical (unpaired) electrons. The van der Waals surface area contributed by atoms with Crippen molar-refractivity contribution in [3.05, 3.63) is 58.6 Å². The molecular weight excluding hydrogens is 494 g/mol. The Morgan fingerprint density at radius 1 is 0.917 bits per heavy atom. The summed E-state index contributed by atoms with van der Waals surface area (Å²) in [6.45, 7) is 12.3. The molecule has 0 bridgehead atoms. The molecule has 3 aromatic rings. The zero-order valence-corrected chi connectivity index (χ0v) is 23.1. The van der Waals surface area contributed by atoms with Crippen LogP contribution in [0.4, 0.5) is 15.6 Å². The lowest BCUT2D eigenvalue weighted by atomic mass is 9.92. The Morgan fingerprint density at radius 3 is 2.08 bits per heavy atom. The summed E-state index contributed by atoms with van der Waals surface area (Å²) in [6.07, 6.45) is 0.713. The molecule has 1 heterocycles. The Morgan fingerprint density at radius 2 is 1.53 bits per heavy atom. The summed E-state index contributed by atoms with van der Waals surface area (Å²) in [5, 5.41) is 18.7. The zero-order valence-electron chi connectivity index (χ0n) is 21.6. The number of nitrogens with one attached hydrogen (secondary N) is 3. The number of carbonyl (C=O) groups is 2. The highest BCUT2D eigenvalue weighted by Crippen LogP contribution is 2.32. The van der Waals surface area contributed by atoms with Gasteiger partial charge in [-0.05, 0) is 41.0 Å². The molecular formula is C27H34ClN5O2S. The van der Waals surface area contributed by atoms with Crippen LogP contribution in [-0.2, 0) is 4.79 Å². The number of rotatable bonds is 9. The molecule has 2 unspecified atom stereocenters. The van der Waals surface area contributed by atoms with Crippen LogP contribution in [0.3, 0.4) is 0 Å². The minimum atomic E-state index is -0.744. The van der Waals surface area contributed by atoms with E-state index in [9.17, 15) is 9.59 Å². The molecule has 0 aliphatic rings. The van der Waals surface area contributed by atoms with Crippen molar-refractivity contribution in [3.63, 3.8) is 0 Å². The predicted molar refractivity (Wildman–Crippen MR) is 149 cm³/mol. The van der Waals surface area contributed by atoms with Crippen molar-refractivity contribution in [2.24, 2.45) is 5.92 Å². The maximum absolute atomic E-state index is 13.2. The van der Waals surface area contributed by atoms with E-state index < -0.39 is 12.1 Å². The van der Waals surface area contributed by atoms with Gasteiger partial charge in [-0.25, -0.2) is 4.79 Å². The minimum absolute atomic E-state index is 0.0932. The Hall–Kier alpha value is -2.97. The van der Waals surface area contributed by atoms with Gasteiger partial charge in [0.15, 0.2) is 0 Å². The molecule has 3 rings (SSSR count). The average molecular weight is 528 g/mol. The number of hydrogen-bond donors (Lipinski definition) is 3. The van der Waals surface area contributed by atoms with Gasteiger partial charge in [-0.3, -0.25) is 10.1 Å². The van der Waals surface area contributed by atoms with Crippen LogP contribution in [-0.4, -0.2) is 28.2 Å². The smallest absolute Gasteiger partial charge is 0.319 e. The van der Waals surface area contributed by atoms with Crippen molar-refractivity contribution in [2.75, 3.05) is 10.6 Å². The highest BCUT2D eigenvalue weighted by molar-refractivity contribution is 7.18. The van der Waals surface area contributed by atoms with Crippen LogP contribution in [0, 0.1) is 5.92 Å². The molecule has 0 saturated carbocycles. The second kappa shape index (κ2) is 12.3. The minimum Gasteiger partial charge on any atom is -0.326 e. The molecule has 0 spiro atoms. The summed E-state index contributed by atoms with van der Waals surface area (Å²) >= 11 is 7.23. The molecule has 3 N–H and O–H groups in total. The summed E-state index contributed by atoms with van der Waals surface area (Å²) in [5.74, 6) is 0.0450. The molecule has 0 aliphatic heterocycles. The second-order valence-electron chi connectivity index (χ2n) is 9.49. The van der Waals surface area contributed by atoms with Crippen molar-refractivity contribution in [3.8, 4) is 10.6 Å². The van der Waals surface area contributed by atoms with Crippen LogP contribution in [0.15, 0.2) is 42.5 Å². The van der Waals surface area contributed by atoms with Crippen LogP contribution in [0.25, 0.3) is 10.6 Å². The third-order valence-corrected chi connectivity index (χ3v) is 7.28. The van der Waals surface area contributed by atoms with Gasteiger partial charge < -0.3 is 10.6 Å². The lowest BCUT2D eigenvalue weighted by Crippen LogP contribution is -2.49. The van der Waals surface area contributed by atoms with Crippen molar-refractivity contribution in [1.82, 2.24) is 15.5 Å². The first-order valence-corrected chi connectivity index (χ1v) is 13.4. The number of nitrogens with zero attached hydrogens (tertiary/aromatic N) is 2. The molecule has 7 nitrogen and oxygen atoms in total. The Balaban J connectivity index is 1.76. The summed E-state index contributed by atoms with van der Waals surface area (Å²) in [4.78, 5) is 26.3. The third kappa shape index (κ3) is 6.83. The molecule has 9 heteroatoms. The highest BCUT2D eigenvalue weighted by Gasteiger charge is 2.28. The summed E-state index contributed by atoms with van der Waals surface area (Å²) in [5.41, 5.74) is 3.78. The summed E-state index contributed by atoms with van der Waals surface area (Å²) in [6, 6.07) is 12.2. The van der Waals surface area contributed by atoms with Gasteiger partial charge in [0, 0.05) is 16.3 Å². The fourth-order valence-corrected chi connectivity index (χ4v) is 4.73. The van der Waals surface area contributed by atoms with Crippen LogP contribution >= 0.6 is 22.9 Å². The van der Waals surface area contributed by atoms with Crippen LogP contribution in [0.5, 0.6) is 0 Å². The summed E-state index contributed by atoms with van der Waals surface area (Å²) in [7, 11) is 0. The number of hydrogen-bond acceptors (Lipinski definition) is 5. The van der Waals surface area contributed by atoms with Crippen molar-refractivity contribution in [2.45, 2.75) is 65.8 Å². The molecule has 1 aromatic heterocycles. The average Bonchev–Trinajstić information content (AvgIpc) is 3.30. The first-order valence-electron chi connectivity index (χ1n) is 12.2. The molecule has 192 valence electrons. The van der Waals surface area contributed by atoms with Gasteiger partial charge >= 0.3 is 6.03 Å². The van der Waals surface area contributed by atoms with E-state index in [1.54, 1.807) is 12.1 Å². The first-order chi connectivity index (χ1) is 17.1. The molecule has 0 fully saturated rings. The van der Waals surface area contributed by atoms with Gasteiger partial charge in [-0.15, -0.1) is 10.2 Å². The van der Waals surface area contributed by atoms with E-state index in [0.29, 0.717) is 21.6 Å². The maximum atomic E-state index is 13.2. The third-order valence-electron chi connectivity index (χ3n) is 6.14. The number of para-hydroxylation sites is 1. The van der Waals surface area contributed by atoms with Gasteiger partial charge in [0.1, 0.15) is 11.0 Å². The molecule has 0 aliphatic carbocycles. The van der Waals surface area contributed by atoms with Gasteiger partial charge in [-0.1, -0.05) is 101 Å². The monoisotopic (exact) mass is 527 g/mol. The van der Waals surface area contributed by atoms with Gasteiger partial charge in [0.25, 0.3) is 0 Å². The molecule has 0 saturated heterocycles. The molecule has 36 heavy (non-hydrogen) atoms. The number of amides is 3. The number of carbonyl (C=O) groups excluding carboxylic acids is 2. The SMILES string of the molecule is CCC(C)C(NC(=O)Nc1c(C(C)C)cccc1C(C)C)C(=O)Nc1nnc(-c2ccc(Cl)cc2)s1. The number of aromatic nitrogens is 2. The fraction of sp³-hybridized carbons (Fsp3) is 0.407.